The van der Waals surface area contributed by atoms with Gasteiger partial charge in [0.25, 0.3) is 0 Å². The molecule has 0 saturated heterocycles. The minimum absolute atomic E-state index is 0.156. The van der Waals surface area contributed by atoms with Gasteiger partial charge in [-0.2, -0.15) is 0 Å². The lowest BCUT2D eigenvalue weighted by molar-refractivity contribution is 0.298. The summed E-state index contributed by atoms with van der Waals surface area (Å²) in [5.74, 6) is 0. The highest BCUT2D eigenvalue weighted by Gasteiger charge is 2.06. The van der Waals surface area contributed by atoms with E-state index in [1.165, 1.54) is 11.8 Å². The topological polar surface area (TPSA) is 46.0 Å². The summed E-state index contributed by atoms with van der Waals surface area (Å²) in [5.41, 5.74) is 3.03. The van der Waals surface area contributed by atoms with Gasteiger partial charge in [-0.25, -0.2) is 9.97 Å². The van der Waals surface area contributed by atoms with Crippen molar-refractivity contribution >= 4 is 11.8 Å². The van der Waals surface area contributed by atoms with Crippen molar-refractivity contribution in [1.29, 1.82) is 0 Å². The molecule has 0 spiro atoms. The maximum Gasteiger partial charge on any atom is 0.187 e. The third-order valence-electron chi connectivity index (χ3n) is 1.94. The van der Waals surface area contributed by atoms with Crippen molar-refractivity contribution in [2.24, 2.45) is 0 Å². The van der Waals surface area contributed by atoms with Crippen LogP contribution in [0.1, 0.15) is 17.0 Å². The Labute approximate surface area is 82.6 Å². The van der Waals surface area contributed by atoms with Gasteiger partial charge in [-0.1, -0.05) is 11.8 Å². The van der Waals surface area contributed by atoms with Crippen LogP contribution in [0.4, 0.5) is 0 Å². The lowest BCUT2D eigenvalue weighted by Gasteiger charge is -2.07. The van der Waals surface area contributed by atoms with Gasteiger partial charge in [-0.3, -0.25) is 0 Å². The predicted octanol–water partition coefficient (Wildman–Crippen LogP) is 1.35. The highest BCUT2D eigenvalue weighted by atomic mass is 32.2. The summed E-state index contributed by atoms with van der Waals surface area (Å²) in [4.78, 5) is 8.62. The number of thioether (sulfide) groups is 1. The summed E-state index contributed by atoms with van der Waals surface area (Å²) in [7, 11) is 0. The molecule has 1 aromatic rings. The number of hydrogen-bond donors (Lipinski definition) is 1. The molecule has 0 aromatic carbocycles. The van der Waals surface area contributed by atoms with E-state index in [4.69, 9.17) is 5.11 Å². The van der Waals surface area contributed by atoms with Crippen LogP contribution in [0.2, 0.25) is 0 Å². The zero-order chi connectivity index (χ0) is 9.84. The lowest BCUT2D eigenvalue weighted by Crippen LogP contribution is -2.03. The molecule has 0 aliphatic heterocycles. The Morgan fingerprint density at radius 2 is 1.77 bits per heavy atom. The molecule has 0 fully saturated rings. The van der Waals surface area contributed by atoms with Crippen LogP contribution in [-0.2, 0) is 6.42 Å². The Kier molecular flexibility index (Phi) is 3.69. The van der Waals surface area contributed by atoms with Crippen LogP contribution in [0.25, 0.3) is 0 Å². The Bertz CT molecular complexity index is 279. The molecule has 0 unspecified atom stereocenters. The third kappa shape index (κ3) is 2.42. The minimum atomic E-state index is 0.156. The SMILES string of the molecule is CSc1nc(C)c(CCO)c(C)n1. The van der Waals surface area contributed by atoms with Gasteiger partial charge >= 0.3 is 0 Å². The second-order valence-electron chi connectivity index (χ2n) is 2.83. The molecular formula is C9H14N2OS. The molecule has 4 heteroatoms. The molecule has 1 N–H and O–H groups in total. The van der Waals surface area contributed by atoms with Crippen LogP contribution >= 0.6 is 11.8 Å². The normalized spacial score (nSPS) is 10.5. The van der Waals surface area contributed by atoms with Crippen molar-refractivity contribution in [1.82, 2.24) is 9.97 Å². The maximum absolute atomic E-state index is 8.83. The Morgan fingerprint density at radius 1 is 1.23 bits per heavy atom. The molecule has 1 aromatic heterocycles. The van der Waals surface area contributed by atoms with Crippen molar-refractivity contribution in [2.75, 3.05) is 12.9 Å². The van der Waals surface area contributed by atoms with Crippen molar-refractivity contribution < 1.29 is 5.11 Å². The van der Waals surface area contributed by atoms with E-state index in [2.05, 4.69) is 9.97 Å². The quantitative estimate of drug-likeness (QED) is 0.588. The highest BCUT2D eigenvalue weighted by Crippen LogP contribution is 2.15. The number of aryl methyl sites for hydroxylation is 2. The number of nitrogens with zero attached hydrogens (tertiary/aromatic N) is 2. The van der Waals surface area contributed by atoms with E-state index >= 15 is 0 Å². The van der Waals surface area contributed by atoms with E-state index in [0.29, 0.717) is 6.42 Å². The van der Waals surface area contributed by atoms with Gasteiger partial charge in [-0.05, 0) is 32.1 Å². The van der Waals surface area contributed by atoms with E-state index in [1.807, 2.05) is 20.1 Å². The second kappa shape index (κ2) is 4.58. The van der Waals surface area contributed by atoms with Crippen LogP contribution < -0.4 is 0 Å². The molecule has 1 heterocycles. The molecule has 0 saturated carbocycles. The molecule has 13 heavy (non-hydrogen) atoms. The van der Waals surface area contributed by atoms with E-state index in [-0.39, 0.29) is 6.61 Å². The summed E-state index contributed by atoms with van der Waals surface area (Å²) in [6.07, 6.45) is 2.60. The van der Waals surface area contributed by atoms with Gasteiger partial charge in [0.15, 0.2) is 5.16 Å². The highest BCUT2D eigenvalue weighted by molar-refractivity contribution is 7.98. The number of aliphatic hydroxyl groups excluding tert-OH is 1. The summed E-state index contributed by atoms with van der Waals surface area (Å²) < 4.78 is 0. The van der Waals surface area contributed by atoms with Crippen molar-refractivity contribution in [3.8, 4) is 0 Å². The van der Waals surface area contributed by atoms with Gasteiger partial charge in [0, 0.05) is 18.0 Å². The first-order chi connectivity index (χ1) is 6.19. The molecule has 0 aliphatic carbocycles. The Morgan fingerprint density at radius 3 is 2.15 bits per heavy atom. The molecule has 0 aliphatic rings. The van der Waals surface area contributed by atoms with Crippen molar-refractivity contribution in [3.63, 3.8) is 0 Å². The van der Waals surface area contributed by atoms with Crippen LogP contribution in [0.5, 0.6) is 0 Å². The summed E-state index contributed by atoms with van der Waals surface area (Å²) in [6.45, 7) is 4.07. The molecule has 72 valence electrons. The average molecular weight is 198 g/mol. The van der Waals surface area contributed by atoms with Gasteiger partial charge < -0.3 is 5.11 Å². The summed E-state index contributed by atoms with van der Waals surface area (Å²) >= 11 is 1.54. The molecular weight excluding hydrogens is 184 g/mol. The van der Waals surface area contributed by atoms with E-state index in [9.17, 15) is 0 Å². The van der Waals surface area contributed by atoms with Gasteiger partial charge in [0.1, 0.15) is 0 Å². The van der Waals surface area contributed by atoms with Gasteiger partial charge in [0.05, 0.1) is 0 Å². The summed E-state index contributed by atoms with van der Waals surface area (Å²) in [5, 5.41) is 9.64. The fourth-order valence-electron chi connectivity index (χ4n) is 1.27. The molecule has 0 atom stereocenters. The van der Waals surface area contributed by atoms with E-state index in [0.717, 1.165) is 22.1 Å². The average Bonchev–Trinajstić information content (AvgIpc) is 2.11. The minimum Gasteiger partial charge on any atom is -0.396 e. The summed E-state index contributed by atoms with van der Waals surface area (Å²) in [6, 6.07) is 0. The number of hydrogen-bond acceptors (Lipinski definition) is 4. The monoisotopic (exact) mass is 198 g/mol. The first kappa shape index (κ1) is 10.5. The molecule has 3 nitrogen and oxygen atoms in total. The molecule has 0 bridgehead atoms. The maximum atomic E-state index is 8.83. The van der Waals surface area contributed by atoms with E-state index < -0.39 is 0 Å². The largest absolute Gasteiger partial charge is 0.396 e. The predicted molar refractivity (Wildman–Crippen MR) is 54.1 cm³/mol. The first-order valence-electron chi connectivity index (χ1n) is 4.18. The van der Waals surface area contributed by atoms with Crippen LogP contribution in [0, 0.1) is 13.8 Å². The number of aromatic nitrogens is 2. The van der Waals surface area contributed by atoms with Gasteiger partial charge in [0.2, 0.25) is 0 Å². The molecule has 0 amide bonds. The first-order valence-corrected chi connectivity index (χ1v) is 5.40. The van der Waals surface area contributed by atoms with Crippen LogP contribution in [0.15, 0.2) is 5.16 Å². The second-order valence-corrected chi connectivity index (χ2v) is 3.61. The van der Waals surface area contributed by atoms with Crippen molar-refractivity contribution in [3.05, 3.63) is 17.0 Å². The zero-order valence-corrected chi connectivity index (χ0v) is 8.98. The van der Waals surface area contributed by atoms with E-state index in [1.54, 1.807) is 0 Å². The van der Waals surface area contributed by atoms with Gasteiger partial charge in [-0.15, -0.1) is 0 Å². The van der Waals surface area contributed by atoms with Crippen LogP contribution in [0.3, 0.4) is 0 Å². The standard InChI is InChI=1S/C9H14N2OS/c1-6-8(4-5-12)7(2)11-9(10-6)13-3/h12H,4-5H2,1-3H3. The zero-order valence-electron chi connectivity index (χ0n) is 8.16. The Balaban J connectivity index is 3.07. The molecule has 0 radical (unpaired) electrons. The lowest BCUT2D eigenvalue weighted by atomic mass is 10.1. The van der Waals surface area contributed by atoms with Crippen LogP contribution in [-0.4, -0.2) is 27.9 Å². The number of rotatable bonds is 3. The molecule has 1 rings (SSSR count). The fraction of sp³-hybridized carbons (Fsp3) is 0.556. The smallest absolute Gasteiger partial charge is 0.187 e. The van der Waals surface area contributed by atoms with Crippen molar-refractivity contribution in [2.45, 2.75) is 25.4 Å². The fourth-order valence-corrected chi connectivity index (χ4v) is 1.73. The third-order valence-corrected chi connectivity index (χ3v) is 2.49. The number of aliphatic hydroxyl groups is 1. The Hall–Kier alpha value is -0.610.